The van der Waals surface area contributed by atoms with E-state index in [1.807, 2.05) is 11.8 Å². The quantitative estimate of drug-likeness (QED) is 0.459. The van der Waals surface area contributed by atoms with Crippen molar-refractivity contribution in [3.8, 4) is 0 Å². The predicted octanol–water partition coefficient (Wildman–Crippen LogP) is 2.86. The number of rotatable bonds is 7. The van der Waals surface area contributed by atoms with Gasteiger partial charge in [-0.25, -0.2) is 0 Å². The number of nitrogens with one attached hydrogen (secondary N) is 1. The van der Waals surface area contributed by atoms with Crippen LogP contribution >= 0.6 is 11.8 Å². The summed E-state index contributed by atoms with van der Waals surface area (Å²) in [7, 11) is 0. The van der Waals surface area contributed by atoms with Crippen LogP contribution in [-0.2, 0) is 10.2 Å². The molecule has 0 bridgehead atoms. The van der Waals surface area contributed by atoms with Gasteiger partial charge in [0.1, 0.15) is 6.29 Å². The van der Waals surface area contributed by atoms with Gasteiger partial charge in [0.05, 0.1) is 6.54 Å². The average molecular weight is 251 g/mol. The van der Waals surface area contributed by atoms with Gasteiger partial charge in [-0.05, 0) is 23.4 Å². The van der Waals surface area contributed by atoms with Gasteiger partial charge in [-0.15, -0.1) is 11.8 Å². The molecular formula is C14H21NOS. The molecule has 0 aliphatic rings. The molecule has 94 valence electrons. The molecule has 0 atom stereocenters. The van der Waals surface area contributed by atoms with E-state index in [0.717, 1.165) is 18.6 Å². The Bertz CT molecular complexity index is 346. The molecule has 17 heavy (non-hydrogen) atoms. The lowest BCUT2D eigenvalue weighted by atomic mass is 9.84. The average Bonchev–Trinajstić information content (AvgIpc) is 2.30. The predicted molar refractivity (Wildman–Crippen MR) is 74.8 cm³/mol. The maximum absolute atomic E-state index is 10.3. The molecule has 1 rings (SSSR count). The normalized spacial score (nSPS) is 11.5. The summed E-state index contributed by atoms with van der Waals surface area (Å²) in [6, 6.07) is 8.71. The molecule has 0 spiro atoms. The molecule has 1 aromatic carbocycles. The maximum Gasteiger partial charge on any atom is 0.133 e. The highest BCUT2D eigenvalue weighted by Gasteiger charge is 2.19. The number of hydrogen-bond acceptors (Lipinski definition) is 3. The van der Waals surface area contributed by atoms with Crippen LogP contribution < -0.4 is 5.32 Å². The van der Waals surface area contributed by atoms with Crippen LogP contribution in [0.3, 0.4) is 0 Å². The molecule has 0 saturated carbocycles. The highest BCUT2D eigenvalue weighted by atomic mass is 32.2. The summed E-state index contributed by atoms with van der Waals surface area (Å²) in [5, 5.41) is 3.14. The van der Waals surface area contributed by atoms with Crippen LogP contribution in [0.5, 0.6) is 0 Å². The first kappa shape index (κ1) is 14.3. The van der Waals surface area contributed by atoms with Crippen LogP contribution in [0.2, 0.25) is 0 Å². The zero-order valence-electron chi connectivity index (χ0n) is 10.8. The van der Waals surface area contributed by atoms with Gasteiger partial charge in [0.15, 0.2) is 0 Å². The zero-order chi connectivity index (χ0) is 12.7. The summed E-state index contributed by atoms with van der Waals surface area (Å²) in [6.07, 6.45) is 0.900. The van der Waals surface area contributed by atoms with Crippen molar-refractivity contribution in [3.05, 3.63) is 29.8 Å². The van der Waals surface area contributed by atoms with Crippen molar-refractivity contribution >= 4 is 18.0 Å². The third-order valence-corrected chi connectivity index (χ3v) is 3.64. The van der Waals surface area contributed by atoms with Crippen molar-refractivity contribution in [1.29, 1.82) is 0 Å². The first-order valence-electron chi connectivity index (χ1n) is 5.98. The summed E-state index contributed by atoms with van der Waals surface area (Å²) in [4.78, 5) is 11.6. The van der Waals surface area contributed by atoms with Crippen molar-refractivity contribution < 1.29 is 4.79 Å². The van der Waals surface area contributed by atoms with Crippen LogP contribution in [0.4, 0.5) is 0 Å². The van der Waals surface area contributed by atoms with Crippen LogP contribution in [0.1, 0.15) is 26.3 Å². The van der Waals surface area contributed by atoms with E-state index in [1.54, 1.807) is 0 Å². The third-order valence-electron chi connectivity index (χ3n) is 2.74. The van der Waals surface area contributed by atoms with E-state index in [2.05, 4.69) is 50.4 Å². The monoisotopic (exact) mass is 251 g/mol. The molecule has 0 aliphatic heterocycles. The number of hydrogen-bond donors (Lipinski definition) is 1. The van der Waals surface area contributed by atoms with E-state index < -0.39 is 0 Å². The second kappa shape index (κ2) is 6.82. The van der Waals surface area contributed by atoms with Crippen LogP contribution in [0.25, 0.3) is 0 Å². The topological polar surface area (TPSA) is 29.1 Å². The summed E-state index contributed by atoms with van der Waals surface area (Å²) in [5.74, 6) is 1.10. The molecular weight excluding hydrogens is 230 g/mol. The Morgan fingerprint density at radius 2 is 1.94 bits per heavy atom. The first-order chi connectivity index (χ1) is 8.10. The van der Waals surface area contributed by atoms with Crippen molar-refractivity contribution in [3.63, 3.8) is 0 Å². The van der Waals surface area contributed by atoms with Gasteiger partial charge >= 0.3 is 0 Å². The minimum Gasteiger partial charge on any atom is -0.309 e. The van der Waals surface area contributed by atoms with Crippen LogP contribution in [0, 0.1) is 0 Å². The Hall–Kier alpha value is -0.800. The SMILES string of the molecule is CCSc1ccc(C(C)(C)CNCC=O)cc1. The van der Waals surface area contributed by atoms with E-state index in [0.29, 0.717) is 6.54 Å². The van der Waals surface area contributed by atoms with Crippen molar-refractivity contribution in [2.45, 2.75) is 31.1 Å². The van der Waals surface area contributed by atoms with Gasteiger partial charge in [-0.3, -0.25) is 0 Å². The molecule has 0 heterocycles. The second-order valence-corrected chi connectivity index (χ2v) is 5.98. The first-order valence-corrected chi connectivity index (χ1v) is 6.96. The van der Waals surface area contributed by atoms with Gasteiger partial charge < -0.3 is 10.1 Å². The Kier molecular flexibility index (Phi) is 5.72. The molecule has 0 aromatic heterocycles. The molecule has 2 nitrogen and oxygen atoms in total. The lowest BCUT2D eigenvalue weighted by Gasteiger charge is -2.25. The molecule has 0 fully saturated rings. The fraction of sp³-hybridized carbons (Fsp3) is 0.500. The van der Waals surface area contributed by atoms with E-state index in [9.17, 15) is 4.79 Å². The summed E-state index contributed by atoms with van der Waals surface area (Å²) >= 11 is 1.85. The molecule has 0 radical (unpaired) electrons. The van der Waals surface area contributed by atoms with Gasteiger partial charge in [-0.1, -0.05) is 32.9 Å². The fourth-order valence-corrected chi connectivity index (χ4v) is 2.38. The molecule has 0 aliphatic carbocycles. The van der Waals surface area contributed by atoms with E-state index in [-0.39, 0.29) is 5.41 Å². The van der Waals surface area contributed by atoms with Gasteiger partial charge in [0.25, 0.3) is 0 Å². The number of benzene rings is 1. The molecule has 0 amide bonds. The van der Waals surface area contributed by atoms with Gasteiger partial charge in [0, 0.05) is 16.9 Å². The fourth-order valence-electron chi connectivity index (χ4n) is 1.71. The van der Waals surface area contributed by atoms with E-state index in [4.69, 9.17) is 0 Å². The minimum absolute atomic E-state index is 0.0540. The standard InChI is InChI=1S/C14H21NOS/c1-4-17-13-7-5-12(6-8-13)14(2,3)11-15-9-10-16/h5-8,10,15H,4,9,11H2,1-3H3. The highest BCUT2D eigenvalue weighted by molar-refractivity contribution is 7.99. The van der Waals surface area contributed by atoms with Crippen molar-refractivity contribution in [1.82, 2.24) is 5.32 Å². The van der Waals surface area contributed by atoms with Crippen molar-refractivity contribution in [2.24, 2.45) is 0 Å². The number of thioether (sulfide) groups is 1. The van der Waals surface area contributed by atoms with E-state index in [1.165, 1.54) is 10.5 Å². The molecule has 1 N–H and O–H groups in total. The smallest absolute Gasteiger partial charge is 0.133 e. The number of carbonyl (C=O) groups is 1. The second-order valence-electron chi connectivity index (χ2n) is 4.64. The summed E-state index contributed by atoms with van der Waals surface area (Å²) in [6.45, 7) is 7.77. The maximum atomic E-state index is 10.3. The Labute approximate surface area is 108 Å². The lowest BCUT2D eigenvalue weighted by molar-refractivity contribution is -0.107. The third kappa shape index (κ3) is 4.52. The molecule has 1 aromatic rings. The summed E-state index contributed by atoms with van der Waals surface area (Å²) in [5.41, 5.74) is 1.36. The molecule has 0 saturated heterocycles. The summed E-state index contributed by atoms with van der Waals surface area (Å²) < 4.78 is 0. The largest absolute Gasteiger partial charge is 0.309 e. The van der Waals surface area contributed by atoms with Crippen LogP contribution in [-0.4, -0.2) is 25.1 Å². The Balaban J connectivity index is 2.66. The number of aldehydes is 1. The Morgan fingerprint density at radius 3 is 2.47 bits per heavy atom. The highest BCUT2D eigenvalue weighted by Crippen LogP contribution is 2.25. The van der Waals surface area contributed by atoms with Gasteiger partial charge in [-0.2, -0.15) is 0 Å². The Morgan fingerprint density at radius 1 is 1.29 bits per heavy atom. The van der Waals surface area contributed by atoms with Crippen LogP contribution in [0.15, 0.2) is 29.2 Å². The minimum atomic E-state index is 0.0540. The lowest BCUT2D eigenvalue weighted by Crippen LogP contribution is -2.33. The van der Waals surface area contributed by atoms with E-state index >= 15 is 0 Å². The number of carbonyl (C=O) groups excluding carboxylic acids is 1. The molecule has 0 unspecified atom stereocenters. The zero-order valence-corrected chi connectivity index (χ0v) is 11.6. The van der Waals surface area contributed by atoms with Gasteiger partial charge in [0.2, 0.25) is 0 Å². The molecule has 3 heteroatoms. The van der Waals surface area contributed by atoms with Crippen molar-refractivity contribution in [2.75, 3.05) is 18.8 Å².